The molecule has 1 aromatic rings. The lowest BCUT2D eigenvalue weighted by atomic mass is 9.83. The van der Waals surface area contributed by atoms with Gasteiger partial charge in [-0.1, -0.05) is 11.6 Å². The number of nitrogens with two attached hydrogens (primary N) is 1. The summed E-state index contributed by atoms with van der Waals surface area (Å²) in [6.45, 7) is 6.18. The molecule has 0 bridgehead atoms. The van der Waals surface area contributed by atoms with Gasteiger partial charge in [0.2, 0.25) is 0 Å². The topological polar surface area (TPSA) is 52.1 Å². The lowest BCUT2D eigenvalue weighted by molar-refractivity contribution is -0.665. The summed E-state index contributed by atoms with van der Waals surface area (Å²) in [4.78, 5) is 12.4. The van der Waals surface area contributed by atoms with Crippen molar-refractivity contribution in [2.75, 3.05) is 20.2 Å². The number of hydrogen-bond donors (Lipinski definition) is 1. The van der Waals surface area contributed by atoms with Crippen LogP contribution in [0.5, 0.6) is 5.75 Å². The Morgan fingerprint density at radius 3 is 2.62 bits per heavy atom. The molecule has 116 valence electrons. The molecule has 1 heterocycles. The predicted molar refractivity (Wildman–Crippen MR) is 81.9 cm³/mol. The van der Waals surface area contributed by atoms with Crippen LogP contribution in [0.25, 0.3) is 0 Å². The minimum atomic E-state index is -0.460. The molecule has 1 fully saturated rings. The summed E-state index contributed by atoms with van der Waals surface area (Å²) in [5.41, 5.74) is 0.00443. The van der Waals surface area contributed by atoms with Gasteiger partial charge in [0.15, 0.2) is 0 Å². The van der Waals surface area contributed by atoms with Gasteiger partial charge >= 0.3 is 5.97 Å². The average molecular weight is 313 g/mol. The van der Waals surface area contributed by atoms with Crippen LogP contribution in [-0.4, -0.2) is 31.8 Å². The monoisotopic (exact) mass is 312 g/mol. The first-order chi connectivity index (χ1) is 9.94. The maximum Gasteiger partial charge on any atom is 0.338 e. The maximum atomic E-state index is 12.4. The van der Waals surface area contributed by atoms with Crippen molar-refractivity contribution in [1.82, 2.24) is 0 Å². The van der Waals surface area contributed by atoms with Gasteiger partial charge in [0.1, 0.15) is 11.4 Å². The number of benzene rings is 1. The molecule has 1 saturated heterocycles. The molecule has 0 aliphatic carbocycles. The first kappa shape index (κ1) is 16.1. The fourth-order valence-corrected chi connectivity index (χ4v) is 2.98. The molecule has 4 nitrogen and oxygen atoms in total. The first-order valence-electron chi connectivity index (χ1n) is 7.32. The van der Waals surface area contributed by atoms with Crippen LogP contribution in [-0.2, 0) is 4.74 Å². The molecule has 1 aliphatic rings. The van der Waals surface area contributed by atoms with Crippen molar-refractivity contribution < 1.29 is 19.6 Å². The molecule has 2 N–H and O–H groups in total. The van der Waals surface area contributed by atoms with Crippen LogP contribution in [0.15, 0.2) is 18.2 Å². The van der Waals surface area contributed by atoms with E-state index in [4.69, 9.17) is 21.1 Å². The van der Waals surface area contributed by atoms with Gasteiger partial charge in [-0.2, -0.15) is 0 Å². The highest BCUT2D eigenvalue weighted by Gasteiger charge is 2.35. The second-order valence-corrected chi connectivity index (χ2v) is 6.39. The molecule has 0 atom stereocenters. The van der Waals surface area contributed by atoms with Gasteiger partial charge in [0.05, 0.1) is 30.8 Å². The van der Waals surface area contributed by atoms with Crippen LogP contribution < -0.4 is 10.1 Å². The summed E-state index contributed by atoms with van der Waals surface area (Å²) in [6.07, 6.45) is 2.15. The van der Waals surface area contributed by atoms with Crippen LogP contribution in [0, 0.1) is 5.92 Å². The average Bonchev–Trinajstić information content (AvgIpc) is 2.48. The van der Waals surface area contributed by atoms with Crippen molar-refractivity contribution >= 4 is 17.6 Å². The third-order valence-corrected chi connectivity index (χ3v) is 4.48. The van der Waals surface area contributed by atoms with E-state index in [1.54, 1.807) is 18.2 Å². The van der Waals surface area contributed by atoms with Crippen molar-refractivity contribution in [2.24, 2.45) is 5.92 Å². The number of rotatable bonds is 4. The van der Waals surface area contributed by atoms with E-state index in [1.807, 2.05) is 13.8 Å². The van der Waals surface area contributed by atoms with Crippen molar-refractivity contribution in [2.45, 2.75) is 32.3 Å². The van der Waals surface area contributed by atoms with Crippen molar-refractivity contribution in [3.8, 4) is 5.75 Å². The fourth-order valence-electron chi connectivity index (χ4n) is 2.79. The van der Waals surface area contributed by atoms with Gasteiger partial charge in [-0.3, -0.25) is 0 Å². The van der Waals surface area contributed by atoms with E-state index in [1.165, 1.54) is 7.11 Å². The Morgan fingerprint density at radius 2 is 2.00 bits per heavy atom. The Labute approximate surface area is 130 Å². The number of esters is 1. The Bertz CT molecular complexity index is 510. The van der Waals surface area contributed by atoms with E-state index >= 15 is 0 Å². The Kier molecular flexibility index (Phi) is 5.12. The van der Waals surface area contributed by atoms with Crippen molar-refractivity contribution in [3.05, 3.63) is 28.8 Å². The second-order valence-electron chi connectivity index (χ2n) is 5.98. The molecule has 0 unspecified atom stereocenters. The lowest BCUT2D eigenvalue weighted by Gasteiger charge is -2.35. The van der Waals surface area contributed by atoms with E-state index in [2.05, 4.69) is 5.32 Å². The van der Waals surface area contributed by atoms with E-state index in [0.29, 0.717) is 22.3 Å². The quantitative estimate of drug-likeness (QED) is 0.868. The molecular weight excluding hydrogens is 290 g/mol. The van der Waals surface area contributed by atoms with E-state index < -0.39 is 5.60 Å². The van der Waals surface area contributed by atoms with Gasteiger partial charge in [-0.05, 0) is 32.0 Å². The molecule has 0 saturated carbocycles. The van der Waals surface area contributed by atoms with E-state index in [-0.39, 0.29) is 5.97 Å². The Balaban J connectivity index is 2.09. The second kappa shape index (κ2) is 6.67. The minimum Gasteiger partial charge on any atom is -0.495 e. The number of carbonyl (C=O) groups excluding carboxylic acids is 1. The number of methoxy groups -OCH3 is 1. The summed E-state index contributed by atoms with van der Waals surface area (Å²) in [5, 5.41) is 2.79. The number of hydrogen-bond acceptors (Lipinski definition) is 3. The number of quaternary nitrogens is 1. The van der Waals surface area contributed by atoms with E-state index in [0.717, 1.165) is 25.9 Å². The largest absolute Gasteiger partial charge is 0.495 e. The summed E-state index contributed by atoms with van der Waals surface area (Å²) >= 11 is 5.98. The maximum absolute atomic E-state index is 12.4. The fraction of sp³-hybridized carbons (Fsp3) is 0.562. The highest BCUT2D eigenvalue weighted by Crippen LogP contribution is 2.30. The van der Waals surface area contributed by atoms with Crippen molar-refractivity contribution in [1.29, 1.82) is 0 Å². The van der Waals surface area contributed by atoms with Gasteiger partial charge < -0.3 is 14.8 Å². The predicted octanol–water partition coefficient (Wildman–Crippen LogP) is 2.26. The number of ether oxygens (including phenoxy) is 2. The molecule has 0 spiro atoms. The number of piperidine rings is 1. The molecule has 5 heteroatoms. The zero-order valence-electron chi connectivity index (χ0n) is 12.8. The van der Waals surface area contributed by atoms with E-state index in [9.17, 15) is 4.79 Å². The zero-order valence-corrected chi connectivity index (χ0v) is 13.6. The van der Waals surface area contributed by atoms with Gasteiger partial charge in [-0.15, -0.1) is 0 Å². The Hall–Kier alpha value is -1.26. The highest BCUT2D eigenvalue weighted by molar-refractivity contribution is 6.32. The molecule has 1 aromatic carbocycles. The lowest BCUT2D eigenvalue weighted by Crippen LogP contribution is -2.86. The van der Waals surface area contributed by atoms with Crippen molar-refractivity contribution in [3.63, 3.8) is 0 Å². The van der Waals surface area contributed by atoms with Gasteiger partial charge in [-0.25, -0.2) is 4.79 Å². The summed E-state index contributed by atoms with van der Waals surface area (Å²) in [6, 6.07) is 4.94. The van der Waals surface area contributed by atoms with Crippen LogP contribution in [0.2, 0.25) is 5.02 Å². The molecule has 0 radical (unpaired) electrons. The van der Waals surface area contributed by atoms with Gasteiger partial charge in [0.25, 0.3) is 0 Å². The Morgan fingerprint density at radius 1 is 1.33 bits per heavy atom. The molecule has 1 aliphatic heterocycles. The molecule has 0 aromatic heterocycles. The van der Waals surface area contributed by atoms with Crippen LogP contribution in [0.4, 0.5) is 0 Å². The standard InChI is InChI=1S/C16H22ClNO3/c1-16(2,12-6-8-18-9-7-12)21-15(19)11-4-5-13(17)14(10-11)20-3/h4-5,10,12,18H,6-9H2,1-3H3/p+1. The molecule has 21 heavy (non-hydrogen) atoms. The molecule has 0 amide bonds. The summed E-state index contributed by atoms with van der Waals surface area (Å²) in [5.74, 6) is 0.557. The normalized spacial score (nSPS) is 16.6. The highest BCUT2D eigenvalue weighted by atomic mass is 35.5. The minimum absolute atomic E-state index is 0.329. The van der Waals surface area contributed by atoms with Crippen LogP contribution in [0.1, 0.15) is 37.0 Å². The summed E-state index contributed by atoms with van der Waals surface area (Å²) < 4.78 is 10.9. The van der Waals surface area contributed by atoms with Gasteiger partial charge in [0, 0.05) is 18.8 Å². The number of halogens is 1. The third-order valence-electron chi connectivity index (χ3n) is 4.16. The van der Waals surface area contributed by atoms with Crippen LogP contribution >= 0.6 is 11.6 Å². The zero-order chi connectivity index (χ0) is 15.5. The first-order valence-corrected chi connectivity index (χ1v) is 7.70. The third kappa shape index (κ3) is 3.89. The summed E-state index contributed by atoms with van der Waals surface area (Å²) in [7, 11) is 1.53. The van der Waals surface area contributed by atoms with Crippen LogP contribution in [0.3, 0.4) is 0 Å². The number of carbonyl (C=O) groups is 1. The smallest absolute Gasteiger partial charge is 0.338 e. The molecule has 2 rings (SSSR count). The molecular formula is C16H23ClNO3+. The SMILES string of the molecule is COc1cc(C(=O)OC(C)(C)C2CC[NH2+]CC2)ccc1Cl.